The lowest BCUT2D eigenvalue weighted by Gasteiger charge is -2.03. The van der Waals surface area contributed by atoms with Gasteiger partial charge >= 0.3 is 0 Å². The highest BCUT2D eigenvalue weighted by atomic mass is 79.9. The van der Waals surface area contributed by atoms with Crippen LogP contribution in [0.1, 0.15) is 0 Å². The van der Waals surface area contributed by atoms with E-state index in [0.29, 0.717) is 0 Å². The number of rotatable bonds is 1. The lowest BCUT2D eigenvalue weighted by atomic mass is 10.2. The zero-order chi connectivity index (χ0) is 9.26. The van der Waals surface area contributed by atoms with Gasteiger partial charge in [0.05, 0.1) is 23.3 Å². The summed E-state index contributed by atoms with van der Waals surface area (Å²) in [7, 11) is 1.63. The highest BCUT2D eigenvalue weighted by molar-refractivity contribution is 9.10. The molecular formula is C9H7BrN2O. The minimum atomic E-state index is 0.771. The number of halogens is 1. The molecule has 0 aliphatic carbocycles. The molecule has 0 saturated carbocycles. The lowest BCUT2D eigenvalue weighted by molar-refractivity contribution is 0.412. The molecular weight excluding hydrogens is 232 g/mol. The Morgan fingerprint density at radius 1 is 1.38 bits per heavy atom. The quantitative estimate of drug-likeness (QED) is 0.766. The van der Waals surface area contributed by atoms with Gasteiger partial charge in [-0.2, -0.15) is 10.2 Å². The number of hydrogen-bond donors (Lipinski definition) is 0. The van der Waals surface area contributed by atoms with E-state index in [2.05, 4.69) is 26.1 Å². The van der Waals surface area contributed by atoms with Crippen LogP contribution in [0.4, 0.5) is 0 Å². The normalized spacial score (nSPS) is 10.3. The van der Waals surface area contributed by atoms with Gasteiger partial charge in [-0.3, -0.25) is 0 Å². The summed E-state index contributed by atoms with van der Waals surface area (Å²) < 4.78 is 6.06. The smallest absolute Gasteiger partial charge is 0.135 e. The van der Waals surface area contributed by atoms with Crippen LogP contribution >= 0.6 is 15.9 Å². The zero-order valence-electron chi connectivity index (χ0n) is 6.99. The summed E-state index contributed by atoms with van der Waals surface area (Å²) in [6.07, 6.45) is 1.67. The summed E-state index contributed by atoms with van der Waals surface area (Å²) in [5.74, 6) is 0.771. The van der Waals surface area contributed by atoms with E-state index in [9.17, 15) is 0 Å². The Balaban J connectivity index is 2.74. The van der Waals surface area contributed by atoms with Crippen LogP contribution < -0.4 is 4.74 Å². The van der Waals surface area contributed by atoms with Gasteiger partial charge in [-0.1, -0.05) is 0 Å². The van der Waals surface area contributed by atoms with Crippen LogP contribution in [-0.4, -0.2) is 17.3 Å². The second-order valence-electron chi connectivity index (χ2n) is 2.58. The van der Waals surface area contributed by atoms with Gasteiger partial charge in [0.1, 0.15) is 5.75 Å². The lowest BCUT2D eigenvalue weighted by Crippen LogP contribution is -1.87. The molecule has 1 aromatic carbocycles. The van der Waals surface area contributed by atoms with Crippen molar-refractivity contribution in [3.8, 4) is 5.75 Å². The maximum absolute atomic E-state index is 5.14. The van der Waals surface area contributed by atoms with E-state index in [1.807, 2.05) is 18.2 Å². The van der Waals surface area contributed by atoms with Crippen molar-refractivity contribution in [2.24, 2.45) is 0 Å². The summed E-state index contributed by atoms with van der Waals surface area (Å²) in [4.78, 5) is 0. The number of hydrogen-bond acceptors (Lipinski definition) is 3. The van der Waals surface area contributed by atoms with E-state index < -0.39 is 0 Å². The third-order valence-electron chi connectivity index (χ3n) is 1.79. The van der Waals surface area contributed by atoms with Gasteiger partial charge in [0.15, 0.2) is 0 Å². The number of fused-ring (bicyclic) bond motifs is 1. The molecule has 0 amide bonds. The van der Waals surface area contributed by atoms with Gasteiger partial charge in [-0.25, -0.2) is 0 Å². The van der Waals surface area contributed by atoms with Crippen molar-refractivity contribution in [1.29, 1.82) is 0 Å². The standard InChI is InChI=1S/C9H7BrN2O/c1-13-9-5-8-6(4-7(9)10)2-3-11-12-8/h2-5H,1H3. The SMILES string of the molecule is COc1cc2nnccc2cc1Br. The Kier molecular flexibility index (Phi) is 2.14. The van der Waals surface area contributed by atoms with E-state index in [4.69, 9.17) is 4.74 Å². The Morgan fingerprint density at radius 3 is 3.00 bits per heavy atom. The van der Waals surface area contributed by atoms with Gasteiger partial charge < -0.3 is 4.74 Å². The fraction of sp³-hybridized carbons (Fsp3) is 0.111. The highest BCUT2D eigenvalue weighted by Crippen LogP contribution is 2.28. The second kappa shape index (κ2) is 3.30. The molecule has 0 bridgehead atoms. The van der Waals surface area contributed by atoms with E-state index in [1.54, 1.807) is 13.3 Å². The Morgan fingerprint density at radius 2 is 2.23 bits per heavy atom. The van der Waals surface area contributed by atoms with Gasteiger partial charge in [0.25, 0.3) is 0 Å². The average molecular weight is 239 g/mol. The van der Waals surface area contributed by atoms with Crippen LogP contribution in [0, 0.1) is 0 Å². The van der Waals surface area contributed by atoms with Crippen LogP contribution in [0.5, 0.6) is 5.75 Å². The monoisotopic (exact) mass is 238 g/mol. The van der Waals surface area contributed by atoms with Gasteiger partial charge in [0, 0.05) is 11.5 Å². The molecule has 1 aromatic heterocycles. The van der Waals surface area contributed by atoms with E-state index in [0.717, 1.165) is 21.1 Å². The molecule has 0 fully saturated rings. The molecule has 0 N–H and O–H groups in total. The molecule has 66 valence electrons. The summed E-state index contributed by atoms with van der Waals surface area (Å²) >= 11 is 3.40. The molecule has 4 heteroatoms. The molecule has 0 aliphatic heterocycles. The summed E-state index contributed by atoms with van der Waals surface area (Å²) in [6.45, 7) is 0. The first kappa shape index (κ1) is 8.44. The number of nitrogens with zero attached hydrogens (tertiary/aromatic N) is 2. The fourth-order valence-electron chi connectivity index (χ4n) is 1.14. The molecule has 0 spiro atoms. The summed E-state index contributed by atoms with van der Waals surface area (Å²) in [5, 5.41) is 8.82. The number of ether oxygens (including phenoxy) is 1. The maximum Gasteiger partial charge on any atom is 0.135 e. The van der Waals surface area contributed by atoms with E-state index in [-0.39, 0.29) is 0 Å². The van der Waals surface area contributed by atoms with Gasteiger partial charge in [-0.15, -0.1) is 0 Å². The first-order valence-electron chi connectivity index (χ1n) is 3.76. The number of aromatic nitrogens is 2. The van der Waals surface area contributed by atoms with Crippen molar-refractivity contribution in [2.75, 3.05) is 7.11 Å². The molecule has 2 aromatic rings. The Labute approximate surface area is 83.9 Å². The topological polar surface area (TPSA) is 35.0 Å². The van der Waals surface area contributed by atoms with E-state index >= 15 is 0 Å². The maximum atomic E-state index is 5.14. The first-order chi connectivity index (χ1) is 6.31. The molecule has 3 nitrogen and oxygen atoms in total. The third-order valence-corrected chi connectivity index (χ3v) is 2.41. The molecule has 0 radical (unpaired) electrons. The largest absolute Gasteiger partial charge is 0.495 e. The van der Waals surface area contributed by atoms with Crippen molar-refractivity contribution < 1.29 is 4.74 Å². The van der Waals surface area contributed by atoms with E-state index in [1.165, 1.54) is 0 Å². The summed E-state index contributed by atoms with van der Waals surface area (Å²) in [6, 6.07) is 5.72. The zero-order valence-corrected chi connectivity index (χ0v) is 8.58. The molecule has 0 unspecified atom stereocenters. The van der Waals surface area contributed by atoms with Crippen molar-refractivity contribution >= 4 is 26.8 Å². The highest BCUT2D eigenvalue weighted by Gasteiger charge is 2.02. The van der Waals surface area contributed by atoms with Gasteiger partial charge in [-0.05, 0) is 28.1 Å². The molecule has 13 heavy (non-hydrogen) atoms. The van der Waals surface area contributed by atoms with Crippen LogP contribution in [-0.2, 0) is 0 Å². The third kappa shape index (κ3) is 1.49. The van der Waals surface area contributed by atoms with Crippen molar-refractivity contribution in [3.05, 3.63) is 28.9 Å². The number of methoxy groups -OCH3 is 1. The van der Waals surface area contributed by atoms with Crippen LogP contribution in [0.3, 0.4) is 0 Å². The fourth-order valence-corrected chi connectivity index (χ4v) is 1.67. The van der Waals surface area contributed by atoms with Crippen molar-refractivity contribution in [2.45, 2.75) is 0 Å². The Hall–Kier alpha value is -1.16. The summed E-state index contributed by atoms with van der Waals surface area (Å²) in [5.41, 5.74) is 0.836. The second-order valence-corrected chi connectivity index (χ2v) is 3.43. The molecule has 0 aliphatic rings. The minimum Gasteiger partial charge on any atom is -0.495 e. The molecule has 2 rings (SSSR count). The molecule has 0 saturated heterocycles. The van der Waals surface area contributed by atoms with Crippen molar-refractivity contribution in [1.82, 2.24) is 10.2 Å². The van der Waals surface area contributed by atoms with Crippen molar-refractivity contribution in [3.63, 3.8) is 0 Å². The minimum absolute atomic E-state index is 0.771. The Bertz CT molecular complexity index is 445. The average Bonchev–Trinajstić information content (AvgIpc) is 2.17. The van der Waals surface area contributed by atoms with Gasteiger partial charge in [0.2, 0.25) is 0 Å². The van der Waals surface area contributed by atoms with Crippen LogP contribution in [0.2, 0.25) is 0 Å². The predicted octanol–water partition coefficient (Wildman–Crippen LogP) is 2.40. The van der Waals surface area contributed by atoms with Crippen LogP contribution in [0.15, 0.2) is 28.9 Å². The molecule has 1 heterocycles. The van der Waals surface area contributed by atoms with Crippen LogP contribution in [0.25, 0.3) is 10.9 Å². The number of benzene rings is 1. The molecule has 0 atom stereocenters. The predicted molar refractivity (Wildman–Crippen MR) is 53.8 cm³/mol. The first-order valence-corrected chi connectivity index (χ1v) is 4.55.